The first-order valence-corrected chi connectivity index (χ1v) is 12.4. The lowest BCUT2D eigenvalue weighted by molar-refractivity contribution is -0.154. The predicted molar refractivity (Wildman–Crippen MR) is 114 cm³/mol. The van der Waals surface area contributed by atoms with Crippen molar-refractivity contribution in [1.29, 1.82) is 0 Å². The molecule has 31 heavy (non-hydrogen) atoms. The third-order valence-corrected chi connectivity index (χ3v) is 8.59. The molecule has 2 aliphatic carbocycles. The highest BCUT2D eigenvalue weighted by atomic mass is 32.2. The second-order valence-electron chi connectivity index (χ2n) is 8.80. The van der Waals surface area contributed by atoms with Crippen LogP contribution in [0.15, 0.2) is 29.2 Å². The van der Waals surface area contributed by atoms with Gasteiger partial charge < -0.3 is 14.8 Å². The number of hydrogen-bond acceptors (Lipinski definition) is 6. The molecule has 2 saturated carbocycles. The number of rotatable bonds is 7. The van der Waals surface area contributed by atoms with E-state index in [-0.39, 0.29) is 10.9 Å². The number of carbonyl (C=O) groups excluding carboxylic acids is 2. The third kappa shape index (κ3) is 5.10. The zero-order valence-corrected chi connectivity index (χ0v) is 18.6. The van der Waals surface area contributed by atoms with Crippen LogP contribution in [0.1, 0.15) is 39.0 Å². The van der Waals surface area contributed by atoms with E-state index in [2.05, 4.69) is 5.32 Å². The van der Waals surface area contributed by atoms with Gasteiger partial charge in [0.05, 0.1) is 18.1 Å². The summed E-state index contributed by atoms with van der Waals surface area (Å²) in [6.45, 7) is 2.85. The molecule has 1 aromatic carbocycles. The molecule has 0 spiro atoms. The van der Waals surface area contributed by atoms with Crippen molar-refractivity contribution in [2.24, 2.45) is 17.8 Å². The van der Waals surface area contributed by atoms with E-state index in [0.29, 0.717) is 50.2 Å². The number of benzene rings is 1. The quantitative estimate of drug-likeness (QED) is 0.640. The lowest BCUT2D eigenvalue weighted by Gasteiger charge is -2.26. The number of anilines is 1. The number of esters is 1. The molecule has 170 valence electrons. The van der Waals surface area contributed by atoms with Crippen LogP contribution < -0.4 is 5.32 Å². The predicted octanol–water partition coefficient (Wildman–Crippen LogP) is 2.40. The fourth-order valence-corrected chi connectivity index (χ4v) is 6.51. The van der Waals surface area contributed by atoms with E-state index in [4.69, 9.17) is 9.47 Å². The van der Waals surface area contributed by atoms with Crippen LogP contribution in [0.5, 0.6) is 0 Å². The largest absolute Gasteiger partial charge is 0.453 e. The average Bonchev–Trinajstić information content (AvgIpc) is 3.37. The Hall–Kier alpha value is -1.97. The van der Waals surface area contributed by atoms with Gasteiger partial charge in [0, 0.05) is 25.2 Å². The Morgan fingerprint density at radius 1 is 1.23 bits per heavy atom. The highest BCUT2D eigenvalue weighted by Gasteiger charge is 2.40. The molecule has 4 atom stereocenters. The molecule has 1 aromatic rings. The molecule has 8 nitrogen and oxygen atoms in total. The number of ether oxygens (including phenoxy) is 2. The molecule has 4 rings (SSSR count). The fraction of sp³-hybridized carbons (Fsp3) is 0.636. The number of sulfonamides is 1. The van der Waals surface area contributed by atoms with Crippen molar-refractivity contribution >= 4 is 27.6 Å². The van der Waals surface area contributed by atoms with Gasteiger partial charge in [-0.1, -0.05) is 12.5 Å². The van der Waals surface area contributed by atoms with E-state index in [0.717, 1.165) is 12.3 Å². The van der Waals surface area contributed by atoms with Gasteiger partial charge in [0.25, 0.3) is 5.91 Å². The first-order valence-electron chi connectivity index (χ1n) is 11.0. The molecule has 3 fully saturated rings. The van der Waals surface area contributed by atoms with Crippen molar-refractivity contribution < 1.29 is 27.5 Å². The van der Waals surface area contributed by atoms with E-state index in [1.165, 1.54) is 42.6 Å². The molecule has 1 amide bonds. The minimum Gasteiger partial charge on any atom is -0.453 e. The van der Waals surface area contributed by atoms with Crippen LogP contribution in [-0.2, 0) is 29.1 Å². The summed E-state index contributed by atoms with van der Waals surface area (Å²) in [6, 6.07) is 6.11. The summed E-state index contributed by atoms with van der Waals surface area (Å²) in [6.07, 6.45) is 4.19. The average molecular weight is 451 g/mol. The van der Waals surface area contributed by atoms with Gasteiger partial charge in [-0.05, 0) is 62.1 Å². The third-order valence-electron chi connectivity index (χ3n) is 6.70. The van der Waals surface area contributed by atoms with Crippen LogP contribution in [0.4, 0.5) is 5.69 Å². The Morgan fingerprint density at radius 3 is 2.68 bits per heavy atom. The van der Waals surface area contributed by atoms with Gasteiger partial charge in [0.2, 0.25) is 10.0 Å². The van der Waals surface area contributed by atoms with Gasteiger partial charge in [-0.15, -0.1) is 0 Å². The van der Waals surface area contributed by atoms with Crippen molar-refractivity contribution in [3.8, 4) is 0 Å². The minimum atomic E-state index is -3.66. The van der Waals surface area contributed by atoms with Gasteiger partial charge in [-0.3, -0.25) is 9.59 Å². The summed E-state index contributed by atoms with van der Waals surface area (Å²) in [5.74, 6) is 0.928. The Kier molecular flexibility index (Phi) is 6.64. The zero-order valence-electron chi connectivity index (χ0n) is 17.8. The van der Waals surface area contributed by atoms with E-state index < -0.39 is 22.0 Å². The fourth-order valence-electron chi connectivity index (χ4n) is 5.05. The summed E-state index contributed by atoms with van der Waals surface area (Å²) < 4.78 is 37.6. The van der Waals surface area contributed by atoms with Gasteiger partial charge in [-0.2, -0.15) is 4.31 Å². The number of carbonyl (C=O) groups is 2. The van der Waals surface area contributed by atoms with Crippen molar-refractivity contribution in [3.63, 3.8) is 0 Å². The number of morpholine rings is 1. The minimum absolute atomic E-state index is 0.105. The van der Waals surface area contributed by atoms with Crippen molar-refractivity contribution in [2.45, 2.75) is 50.0 Å². The van der Waals surface area contributed by atoms with E-state index in [1.807, 2.05) is 0 Å². The molecule has 0 radical (unpaired) electrons. The second-order valence-corrected chi connectivity index (χ2v) is 10.7. The monoisotopic (exact) mass is 450 g/mol. The summed E-state index contributed by atoms with van der Waals surface area (Å²) >= 11 is 0. The molecule has 9 heteroatoms. The maximum absolute atomic E-state index is 12.8. The first kappa shape index (κ1) is 22.2. The molecule has 0 aromatic heterocycles. The highest BCUT2D eigenvalue weighted by molar-refractivity contribution is 7.89. The molecule has 2 bridgehead atoms. The molecule has 1 N–H and O–H groups in total. The molecule has 1 heterocycles. The summed E-state index contributed by atoms with van der Waals surface area (Å²) in [7, 11) is -3.66. The van der Waals surface area contributed by atoms with Crippen LogP contribution in [0.3, 0.4) is 0 Å². The van der Waals surface area contributed by atoms with Gasteiger partial charge in [-0.25, -0.2) is 8.42 Å². The first-order chi connectivity index (χ1) is 14.8. The Morgan fingerprint density at radius 2 is 2.00 bits per heavy atom. The Labute approximate surface area is 183 Å². The summed E-state index contributed by atoms with van der Waals surface area (Å²) in [5, 5.41) is 2.66. The lowest BCUT2D eigenvalue weighted by Crippen LogP contribution is -2.40. The smallest absolute Gasteiger partial charge is 0.306 e. The second kappa shape index (κ2) is 9.26. The van der Waals surface area contributed by atoms with Crippen molar-refractivity contribution in [1.82, 2.24) is 4.31 Å². The number of hydrogen-bond donors (Lipinski definition) is 1. The molecule has 1 aliphatic heterocycles. The molecule has 0 unspecified atom stereocenters. The topological polar surface area (TPSA) is 102 Å². The van der Waals surface area contributed by atoms with Crippen LogP contribution in [0.2, 0.25) is 0 Å². The maximum atomic E-state index is 12.8. The number of fused-ring (bicyclic) bond motifs is 2. The van der Waals surface area contributed by atoms with Gasteiger partial charge >= 0.3 is 5.97 Å². The highest BCUT2D eigenvalue weighted by Crippen LogP contribution is 2.49. The van der Waals surface area contributed by atoms with E-state index in [1.54, 1.807) is 12.1 Å². The zero-order chi connectivity index (χ0) is 22.0. The van der Waals surface area contributed by atoms with Crippen LogP contribution in [-0.4, -0.2) is 57.0 Å². The van der Waals surface area contributed by atoms with Crippen LogP contribution in [0, 0.1) is 17.8 Å². The standard InChI is InChI=1S/C22H30N2O6S/c1-15(30-21(25)13-18-12-16-5-6-17(18)11-16)22(26)23-19-3-2-4-20(14-19)31(27,28)24-7-9-29-10-8-24/h2-4,14-18H,5-13H2,1H3,(H,23,26)/t15-,16-,17-,18-/m0/s1. The Bertz CT molecular complexity index is 928. The number of nitrogens with zero attached hydrogens (tertiary/aromatic N) is 1. The van der Waals surface area contributed by atoms with Gasteiger partial charge in [0.1, 0.15) is 0 Å². The number of nitrogens with one attached hydrogen (secondary N) is 1. The summed E-state index contributed by atoms with van der Waals surface area (Å²) in [4.78, 5) is 24.9. The molecular formula is C22H30N2O6S. The van der Waals surface area contributed by atoms with Crippen molar-refractivity contribution in [2.75, 3.05) is 31.6 Å². The summed E-state index contributed by atoms with van der Waals surface area (Å²) in [5.41, 5.74) is 0.343. The maximum Gasteiger partial charge on any atom is 0.306 e. The van der Waals surface area contributed by atoms with Crippen molar-refractivity contribution in [3.05, 3.63) is 24.3 Å². The van der Waals surface area contributed by atoms with E-state index in [9.17, 15) is 18.0 Å². The van der Waals surface area contributed by atoms with Crippen LogP contribution in [0.25, 0.3) is 0 Å². The van der Waals surface area contributed by atoms with E-state index >= 15 is 0 Å². The van der Waals surface area contributed by atoms with Crippen LogP contribution >= 0.6 is 0 Å². The molecule has 1 saturated heterocycles. The lowest BCUT2D eigenvalue weighted by atomic mass is 9.86. The molecular weight excluding hydrogens is 420 g/mol. The number of amides is 1. The Balaban J connectivity index is 1.32. The van der Waals surface area contributed by atoms with Gasteiger partial charge in [0.15, 0.2) is 6.10 Å². The molecule has 3 aliphatic rings. The normalized spacial score (nSPS) is 27.1. The SMILES string of the molecule is C[C@H](OC(=O)C[C@@H]1C[C@H]2CC[C@H]1C2)C(=O)Nc1cccc(S(=O)(=O)N2CCOCC2)c1.